The minimum absolute atomic E-state index is 0.223. The molecule has 1 aliphatic rings. The van der Waals surface area contributed by atoms with Gasteiger partial charge in [-0.3, -0.25) is 4.79 Å². The molecule has 0 fully saturated rings. The first-order valence-electron chi connectivity index (χ1n) is 10.2. The predicted octanol–water partition coefficient (Wildman–Crippen LogP) is 5.08. The second-order valence-corrected chi connectivity index (χ2v) is 7.57. The average molecular weight is 428 g/mol. The molecule has 2 aromatic carbocycles. The van der Waals surface area contributed by atoms with Crippen molar-refractivity contribution in [3.8, 4) is 5.75 Å². The van der Waals surface area contributed by atoms with Gasteiger partial charge in [-0.2, -0.15) is 0 Å². The van der Waals surface area contributed by atoms with Crippen molar-refractivity contribution in [3.63, 3.8) is 0 Å². The maximum atomic E-state index is 12.5. The molecule has 1 amide bonds. The summed E-state index contributed by atoms with van der Waals surface area (Å²) in [4.78, 5) is 24.5. The fourth-order valence-corrected chi connectivity index (χ4v) is 3.48. The Morgan fingerprint density at radius 1 is 1.03 bits per heavy atom. The summed E-state index contributed by atoms with van der Waals surface area (Å²) < 4.78 is 10.9. The number of ether oxygens (including phenoxy) is 2. The van der Waals surface area contributed by atoms with E-state index in [0.29, 0.717) is 17.3 Å². The molecule has 2 aromatic rings. The van der Waals surface area contributed by atoms with Crippen molar-refractivity contribution < 1.29 is 19.1 Å². The molecule has 0 bridgehead atoms. The Labute approximate surface area is 182 Å². The molecule has 0 radical (unpaired) electrons. The average Bonchev–Trinajstić information content (AvgIpc) is 2.78. The highest BCUT2D eigenvalue weighted by Gasteiger charge is 2.16. The van der Waals surface area contributed by atoms with E-state index in [9.17, 15) is 9.59 Å². The number of para-hydroxylation sites is 1. The summed E-state index contributed by atoms with van der Waals surface area (Å²) in [6, 6.07) is 14.1. The van der Waals surface area contributed by atoms with E-state index in [-0.39, 0.29) is 24.7 Å². The number of allylic oxidation sites excluding steroid dienone is 1. The van der Waals surface area contributed by atoms with Crippen LogP contribution in [0, 0.1) is 0 Å². The van der Waals surface area contributed by atoms with Gasteiger partial charge >= 0.3 is 5.97 Å². The third-order valence-electron chi connectivity index (χ3n) is 4.94. The molecule has 0 atom stereocenters. The largest absolute Gasteiger partial charge is 0.488 e. The van der Waals surface area contributed by atoms with Gasteiger partial charge in [0.05, 0.1) is 0 Å². The Balaban J connectivity index is 1.47. The first-order chi connectivity index (χ1) is 14.6. The molecule has 6 heteroatoms. The Morgan fingerprint density at radius 3 is 2.63 bits per heavy atom. The lowest BCUT2D eigenvalue weighted by molar-refractivity contribution is -0.124. The lowest BCUT2D eigenvalue weighted by Gasteiger charge is -2.13. The summed E-state index contributed by atoms with van der Waals surface area (Å²) >= 11 is 6.15. The smallest absolute Gasteiger partial charge is 0.342 e. The summed E-state index contributed by atoms with van der Waals surface area (Å²) in [6.07, 6.45) is 7.80. The summed E-state index contributed by atoms with van der Waals surface area (Å²) in [5, 5.41) is 3.40. The summed E-state index contributed by atoms with van der Waals surface area (Å²) in [5.41, 5.74) is 2.47. The molecule has 1 N–H and O–H groups in total. The molecule has 0 saturated carbocycles. The first kappa shape index (κ1) is 21.9. The topological polar surface area (TPSA) is 64.6 Å². The summed E-state index contributed by atoms with van der Waals surface area (Å²) in [7, 11) is 0. The maximum absolute atomic E-state index is 12.5. The molecule has 0 aliphatic heterocycles. The van der Waals surface area contributed by atoms with Crippen LogP contribution in [0.2, 0.25) is 5.02 Å². The van der Waals surface area contributed by atoms with Crippen molar-refractivity contribution in [3.05, 3.63) is 76.3 Å². The number of carbonyl (C=O) groups is 2. The third-order valence-corrected chi connectivity index (χ3v) is 5.30. The van der Waals surface area contributed by atoms with E-state index in [2.05, 4.69) is 11.4 Å². The Kier molecular flexibility index (Phi) is 8.33. The van der Waals surface area contributed by atoms with Crippen LogP contribution in [-0.4, -0.2) is 25.0 Å². The molecule has 5 nitrogen and oxygen atoms in total. The van der Waals surface area contributed by atoms with Crippen molar-refractivity contribution in [2.75, 3.05) is 13.2 Å². The number of hydrogen-bond donors (Lipinski definition) is 1. The zero-order chi connectivity index (χ0) is 21.2. The van der Waals surface area contributed by atoms with E-state index < -0.39 is 5.97 Å². The van der Waals surface area contributed by atoms with E-state index in [1.165, 1.54) is 18.4 Å². The van der Waals surface area contributed by atoms with Gasteiger partial charge in [-0.25, -0.2) is 4.79 Å². The molecule has 0 aromatic heterocycles. The van der Waals surface area contributed by atoms with Crippen LogP contribution in [0.15, 0.2) is 60.2 Å². The quantitative estimate of drug-likeness (QED) is 0.447. The van der Waals surface area contributed by atoms with Gasteiger partial charge in [0.2, 0.25) is 0 Å². The molecule has 1 aliphatic carbocycles. The van der Waals surface area contributed by atoms with Crippen LogP contribution in [0.1, 0.15) is 48.0 Å². The van der Waals surface area contributed by atoms with Gasteiger partial charge in [0.25, 0.3) is 5.91 Å². The number of carbonyl (C=O) groups excluding carboxylic acids is 2. The van der Waals surface area contributed by atoms with E-state index in [1.807, 2.05) is 18.2 Å². The van der Waals surface area contributed by atoms with E-state index in [4.69, 9.17) is 21.1 Å². The van der Waals surface area contributed by atoms with Crippen LogP contribution in [0.5, 0.6) is 5.75 Å². The van der Waals surface area contributed by atoms with Crippen LogP contribution in [0.4, 0.5) is 0 Å². The zero-order valence-electron chi connectivity index (χ0n) is 16.9. The minimum atomic E-state index is -0.602. The van der Waals surface area contributed by atoms with Crippen LogP contribution in [0.3, 0.4) is 0 Å². The zero-order valence-corrected chi connectivity index (χ0v) is 17.6. The fourth-order valence-electron chi connectivity index (χ4n) is 3.29. The molecule has 30 heavy (non-hydrogen) atoms. The number of esters is 1. The molecule has 158 valence electrons. The second kappa shape index (κ2) is 11.4. The van der Waals surface area contributed by atoms with Crippen LogP contribution < -0.4 is 10.1 Å². The third kappa shape index (κ3) is 6.63. The van der Waals surface area contributed by atoms with E-state index >= 15 is 0 Å². The van der Waals surface area contributed by atoms with Gasteiger partial charge in [0, 0.05) is 17.1 Å². The minimum Gasteiger partial charge on any atom is -0.488 e. The normalized spacial score (nSPS) is 13.3. The van der Waals surface area contributed by atoms with Crippen molar-refractivity contribution >= 4 is 23.5 Å². The number of hydrogen-bond acceptors (Lipinski definition) is 4. The number of nitrogens with one attached hydrogen (secondary N) is 1. The Hall–Kier alpha value is -2.79. The van der Waals surface area contributed by atoms with E-state index in [0.717, 1.165) is 24.8 Å². The molecule has 0 saturated heterocycles. The number of halogens is 1. The highest BCUT2D eigenvalue weighted by Crippen LogP contribution is 2.23. The van der Waals surface area contributed by atoms with Crippen molar-refractivity contribution in [2.24, 2.45) is 0 Å². The van der Waals surface area contributed by atoms with Gasteiger partial charge in [0.15, 0.2) is 6.61 Å². The highest BCUT2D eigenvalue weighted by molar-refractivity contribution is 6.31. The van der Waals surface area contributed by atoms with Gasteiger partial charge in [0.1, 0.15) is 17.9 Å². The van der Waals surface area contributed by atoms with Gasteiger partial charge < -0.3 is 14.8 Å². The van der Waals surface area contributed by atoms with Gasteiger partial charge in [-0.15, -0.1) is 0 Å². The van der Waals surface area contributed by atoms with Crippen LogP contribution in [0.25, 0.3) is 0 Å². The molecule has 0 heterocycles. The van der Waals surface area contributed by atoms with Gasteiger partial charge in [-0.05, 0) is 50.3 Å². The highest BCUT2D eigenvalue weighted by atomic mass is 35.5. The monoisotopic (exact) mass is 427 g/mol. The molecule has 0 spiro atoms. The number of amides is 1. The summed E-state index contributed by atoms with van der Waals surface area (Å²) in [6.45, 7) is 0.455. The molecule has 0 unspecified atom stereocenters. The van der Waals surface area contributed by atoms with Crippen LogP contribution >= 0.6 is 11.6 Å². The molecular weight excluding hydrogens is 402 g/mol. The molecular formula is C24H26ClNO4. The standard InChI is InChI=1S/C24H26ClNO4/c25-21-12-6-4-10-19(21)16-29-22-13-7-5-11-20(22)24(28)30-17-23(27)26-15-14-18-8-2-1-3-9-18/h4-8,10-13H,1-3,9,14-17H2,(H,26,27). The second-order valence-electron chi connectivity index (χ2n) is 7.16. The Morgan fingerprint density at radius 2 is 1.83 bits per heavy atom. The maximum Gasteiger partial charge on any atom is 0.342 e. The van der Waals surface area contributed by atoms with Crippen molar-refractivity contribution in [1.29, 1.82) is 0 Å². The fraction of sp³-hybridized carbons (Fsp3) is 0.333. The summed E-state index contributed by atoms with van der Waals surface area (Å²) in [5.74, 6) is -0.531. The SMILES string of the molecule is O=C(COC(=O)c1ccccc1OCc1ccccc1Cl)NCCC1=CCCCC1. The first-order valence-corrected chi connectivity index (χ1v) is 10.6. The van der Waals surface area contributed by atoms with Crippen molar-refractivity contribution in [1.82, 2.24) is 5.32 Å². The van der Waals surface area contributed by atoms with Crippen LogP contribution in [-0.2, 0) is 16.1 Å². The van der Waals surface area contributed by atoms with E-state index in [1.54, 1.807) is 30.3 Å². The lowest BCUT2D eigenvalue weighted by atomic mass is 9.97. The van der Waals surface area contributed by atoms with Gasteiger partial charge in [-0.1, -0.05) is 53.6 Å². The number of benzene rings is 2. The number of rotatable bonds is 9. The van der Waals surface area contributed by atoms with Crippen molar-refractivity contribution in [2.45, 2.75) is 38.7 Å². The molecule has 3 rings (SSSR count). The lowest BCUT2D eigenvalue weighted by Crippen LogP contribution is -2.30. The Bertz CT molecular complexity index is 910. The predicted molar refractivity (Wildman–Crippen MR) is 117 cm³/mol.